The van der Waals surface area contributed by atoms with E-state index < -0.39 is 0 Å². The van der Waals surface area contributed by atoms with Crippen molar-refractivity contribution in [3.63, 3.8) is 0 Å². The third-order valence-electron chi connectivity index (χ3n) is 2.71. The van der Waals surface area contributed by atoms with Crippen molar-refractivity contribution in [3.8, 4) is 0 Å². The number of aliphatic hydroxyl groups excluding tert-OH is 1. The Balaban J connectivity index is 1.95. The van der Waals surface area contributed by atoms with Crippen LogP contribution in [-0.4, -0.2) is 5.11 Å². The number of aryl methyl sites for hydroxylation is 2. The van der Waals surface area contributed by atoms with Crippen LogP contribution in [0.15, 0.2) is 29.0 Å². The minimum absolute atomic E-state index is 0.294. The molecule has 0 saturated heterocycles. The summed E-state index contributed by atoms with van der Waals surface area (Å²) in [4.78, 5) is 2.51. The summed E-state index contributed by atoms with van der Waals surface area (Å²) in [5.41, 5.74) is 1.30. The summed E-state index contributed by atoms with van der Waals surface area (Å²) in [5, 5.41) is 14.3. The number of aliphatic hydroxyl groups is 1. The van der Waals surface area contributed by atoms with Crippen LogP contribution in [-0.2, 0) is 12.8 Å². The van der Waals surface area contributed by atoms with Crippen LogP contribution in [0.4, 0.5) is 0 Å². The fraction of sp³-hybridized carbons (Fsp3) is 0.385. The molecule has 0 aliphatic rings. The summed E-state index contributed by atoms with van der Waals surface area (Å²) in [6.45, 7) is 2.14. The Morgan fingerprint density at radius 3 is 2.81 bits per heavy atom. The van der Waals surface area contributed by atoms with Crippen LogP contribution in [0.1, 0.15) is 34.8 Å². The molecule has 2 aromatic heterocycles. The maximum absolute atomic E-state index is 10.1. The van der Waals surface area contributed by atoms with Crippen molar-refractivity contribution in [2.45, 2.75) is 32.3 Å². The topological polar surface area (TPSA) is 20.2 Å². The van der Waals surface area contributed by atoms with E-state index in [1.54, 1.807) is 22.7 Å². The summed E-state index contributed by atoms with van der Waals surface area (Å²) < 4.78 is 0. The predicted octanol–water partition coefficient (Wildman–Crippen LogP) is 4.04. The van der Waals surface area contributed by atoms with Gasteiger partial charge in [0.15, 0.2) is 0 Å². The molecule has 0 aromatic carbocycles. The summed E-state index contributed by atoms with van der Waals surface area (Å²) >= 11 is 3.44. The lowest BCUT2D eigenvalue weighted by atomic mass is 10.1. The van der Waals surface area contributed by atoms with E-state index in [9.17, 15) is 5.11 Å². The van der Waals surface area contributed by atoms with Crippen LogP contribution in [0.25, 0.3) is 0 Å². The van der Waals surface area contributed by atoms with Crippen molar-refractivity contribution >= 4 is 22.7 Å². The van der Waals surface area contributed by atoms with Gasteiger partial charge in [0.25, 0.3) is 0 Å². The molecule has 1 atom stereocenters. The van der Waals surface area contributed by atoms with Crippen LogP contribution in [0.5, 0.6) is 0 Å². The molecule has 2 rings (SSSR count). The summed E-state index contributed by atoms with van der Waals surface area (Å²) in [7, 11) is 0. The molecule has 2 heterocycles. The minimum atomic E-state index is -0.294. The number of rotatable bonds is 5. The van der Waals surface area contributed by atoms with Crippen LogP contribution in [0, 0.1) is 0 Å². The standard InChI is InChI=1S/C13H16OS2/c1-2-10-7-9-16-13(10)12(14)6-5-11-4-3-8-15-11/h3-4,7-9,12,14H,2,5-6H2,1H3. The van der Waals surface area contributed by atoms with Gasteiger partial charge in [-0.1, -0.05) is 13.0 Å². The number of hydrogen-bond donors (Lipinski definition) is 1. The Morgan fingerprint density at radius 1 is 1.25 bits per heavy atom. The highest BCUT2D eigenvalue weighted by Gasteiger charge is 2.13. The molecule has 3 heteroatoms. The molecule has 1 N–H and O–H groups in total. The molecule has 2 aromatic rings. The molecule has 0 radical (unpaired) electrons. The molecular weight excluding hydrogens is 236 g/mol. The first-order chi connectivity index (χ1) is 7.81. The fourth-order valence-electron chi connectivity index (χ4n) is 1.80. The van der Waals surface area contributed by atoms with Crippen molar-refractivity contribution in [1.29, 1.82) is 0 Å². The first kappa shape index (κ1) is 11.8. The predicted molar refractivity (Wildman–Crippen MR) is 71.3 cm³/mol. The van der Waals surface area contributed by atoms with Crippen molar-refractivity contribution in [3.05, 3.63) is 44.3 Å². The number of thiophene rings is 2. The van der Waals surface area contributed by atoms with Gasteiger partial charge in [-0.3, -0.25) is 0 Å². The monoisotopic (exact) mass is 252 g/mol. The quantitative estimate of drug-likeness (QED) is 0.851. The molecule has 16 heavy (non-hydrogen) atoms. The van der Waals surface area contributed by atoms with E-state index in [4.69, 9.17) is 0 Å². The summed E-state index contributed by atoms with van der Waals surface area (Å²) in [5.74, 6) is 0. The zero-order valence-electron chi connectivity index (χ0n) is 9.35. The lowest BCUT2D eigenvalue weighted by molar-refractivity contribution is 0.171. The molecule has 0 bridgehead atoms. The molecular formula is C13H16OS2. The third-order valence-corrected chi connectivity index (χ3v) is 4.71. The number of hydrogen-bond acceptors (Lipinski definition) is 3. The maximum Gasteiger partial charge on any atom is 0.0888 e. The Labute approximate surface area is 104 Å². The molecule has 0 spiro atoms. The van der Waals surface area contributed by atoms with Gasteiger partial charge in [-0.15, -0.1) is 22.7 Å². The van der Waals surface area contributed by atoms with Crippen molar-refractivity contribution in [1.82, 2.24) is 0 Å². The first-order valence-corrected chi connectivity index (χ1v) is 7.34. The van der Waals surface area contributed by atoms with Gasteiger partial charge in [0, 0.05) is 9.75 Å². The van der Waals surface area contributed by atoms with Crippen molar-refractivity contribution in [2.75, 3.05) is 0 Å². The second-order valence-electron chi connectivity index (χ2n) is 3.80. The highest BCUT2D eigenvalue weighted by atomic mass is 32.1. The smallest absolute Gasteiger partial charge is 0.0888 e. The molecule has 0 aliphatic carbocycles. The molecule has 0 saturated carbocycles. The van der Waals surface area contributed by atoms with E-state index in [2.05, 4.69) is 35.9 Å². The second kappa shape index (κ2) is 5.62. The van der Waals surface area contributed by atoms with Crippen LogP contribution >= 0.6 is 22.7 Å². The maximum atomic E-state index is 10.1. The average molecular weight is 252 g/mol. The normalized spacial score (nSPS) is 12.9. The van der Waals surface area contributed by atoms with Crippen LogP contribution in [0.2, 0.25) is 0 Å². The van der Waals surface area contributed by atoms with Gasteiger partial charge < -0.3 is 5.11 Å². The van der Waals surface area contributed by atoms with Gasteiger partial charge in [-0.2, -0.15) is 0 Å². The summed E-state index contributed by atoms with van der Waals surface area (Å²) in [6.07, 6.45) is 2.51. The van der Waals surface area contributed by atoms with Gasteiger partial charge in [-0.05, 0) is 47.7 Å². The zero-order valence-corrected chi connectivity index (χ0v) is 11.0. The second-order valence-corrected chi connectivity index (χ2v) is 5.78. The van der Waals surface area contributed by atoms with Crippen LogP contribution < -0.4 is 0 Å². The first-order valence-electron chi connectivity index (χ1n) is 5.58. The molecule has 1 unspecified atom stereocenters. The van der Waals surface area contributed by atoms with Crippen molar-refractivity contribution in [2.24, 2.45) is 0 Å². The van der Waals surface area contributed by atoms with E-state index in [1.165, 1.54) is 10.4 Å². The van der Waals surface area contributed by atoms with Gasteiger partial charge in [0.1, 0.15) is 0 Å². The van der Waals surface area contributed by atoms with Gasteiger partial charge >= 0.3 is 0 Å². The van der Waals surface area contributed by atoms with Crippen molar-refractivity contribution < 1.29 is 5.11 Å². The third kappa shape index (κ3) is 2.73. The van der Waals surface area contributed by atoms with Crippen LogP contribution in [0.3, 0.4) is 0 Å². The van der Waals surface area contributed by atoms with Gasteiger partial charge in [0.2, 0.25) is 0 Å². The van der Waals surface area contributed by atoms with Gasteiger partial charge in [-0.25, -0.2) is 0 Å². The molecule has 0 amide bonds. The van der Waals surface area contributed by atoms with E-state index >= 15 is 0 Å². The lowest BCUT2D eigenvalue weighted by Crippen LogP contribution is -1.99. The van der Waals surface area contributed by atoms with E-state index in [0.717, 1.165) is 24.1 Å². The fourth-order valence-corrected chi connectivity index (χ4v) is 3.54. The SMILES string of the molecule is CCc1ccsc1C(O)CCc1cccs1. The Hall–Kier alpha value is -0.640. The van der Waals surface area contributed by atoms with E-state index in [-0.39, 0.29) is 6.10 Å². The summed E-state index contributed by atoms with van der Waals surface area (Å²) in [6, 6.07) is 6.32. The molecule has 1 nitrogen and oxygen atoms in total. The lowest BCUT2D eigenvalue weighted by Gasteiger charge is -2.09. The molecule has 0 fully saturated rings. The zero-order chi connectivity index (χ0) is 11.4. The average Bonchev–Trinajstić information content (AvgIpc) is 2.96. The molecule has 86 valence electrons. The Kier molecular flexibility index (Phi) is 4.16. The molecule has 0 aliphatic heterocycles. The van der Waals surface area contributed by atoms with Gasteiger partial charge in [0.05, 0.1) is 6.10 Å². The highest BCUT2D eigenvalue weighted by Crippen LogP contribution is 2.28. The van der Waals surface area contributed by atoms with E-state index in [0.29, 0.717) is 0 Å². The highest BCUT2D eigenvalue weighted by molar-refractivity contribution is 7.10. The van der Waals surface area contributed by atoms with E-state index in [1.807, 2.05) is 0 Å². The Bertz CT molecular complexity index is 417. The minimum Gasteiger partial charge on any atom is -0.388 e. The Morgan fingerprint density at radius 2 is 2.12 bits per heavy atom. The largest absolute Gasteiger partial charge is 0.388 e.